The van der Waals surface area contributed by atoms with Crippen molar-refractivity contribution in [2.45, 2.75) is 75.9 Å². The summed E-state index contributed by atoms with van der Waals surface area (Å²) in [6.45, 7) is 3.82. The third-order valence-corrected chi connectivity index (χ3v) is 7.24. The predicted octanol–water partition coefficient (Wildman–Crippen LogP) is 1.80. The molecule has 0 amide bonds. The zero-order valence-corrected chi connectivity index (χ0v) is 15.4. The van der Waals surface area contributed by atoms with Crippen molar-refractivity contribution in [3.05, 3.63) is 0 Å². The van der Waals surface area contributed by atoms with E-state index in [1.807, 2.05) is 0 Å². The Balaban J connectivity index is 1.45. The number of likely N-dealkylation sites (tertiary alicyclic amines) is 1. The topological polar surface area (TPSA) is 52.7 Å². The van der Waals surface area contributed by atoms with Crippen LogP contribution in [0.4, 0.5) is 0 Å². The molecule has 1 saturated carbocycles. The summed E-state index contributed by atoms with van der Waals surface area (Å²) in [6.07, 6.45) is 12.8. The Bertz CT molecular complexity index is 468. The molecule has 0 spiro atoms. The second kappa shape index (κ2) is 7.81. The lowest BCUT2D eigenvalue weighted by Gasteiger charge is -2.42. The average molecular weight is 344 g/mol. The minimum atomic E-state index is -3.01. The van der Waals surface area contributed by atoms with E-state index in [1.165, 1.54) is 64.3 Å². The summed E-state index contributed by atoms with van der Waals surface area (Å²) in [5, 5.41) is 3.84. The van der Waals surface area contributed by atoms with Crippen molar-refractivity contribution in [2.75, 3.05) is 32.4 Å². The first kappa shape index (κ1) is 17.6. The van der Waals surface area contributed by atoms with Crippen LogP contribution in [0.3, 0.4) is 0 Å². The maximum Gasteiger partial charge on any atom is 0.211 e. The highest BCUT2D eigenvalue weighted by molar-refractivity contribution is 7.88. The Hall–Kier alpha value is -0.170. The van der Waals surface area contributed by atoms with Gasteiger partial charge in [-0.15, -0.1) is 0 Å². The van der Waals surface area contributed by atoms with Gasteiger partial charge in [0.1, 0.15) is 0 Å². The molecule has 0 aromatic carbocycles. The molecule has 0 aromatic heterocycles. The van der Waals surface area contributed by atoms with Gasteiger partial charge in [-0.2, -0.15) is 0 Å². The normalized spacial score (nSPS) is 30.6. The maximum absolute atomic E-state index is 11.6. The monoisotopic (exact) mass is 343 g/mol. The molecule has 3 aliphatic rings. The van der Waals surface area contributed by atoms with Crippen molar-refractivity contribution in [2.24, 2.45) is 0 Å². The maximum atomic E-state index is 11.6. The number of nitrogens with one attached hydrogen (secondary N) is 1. The average Bonchev–Trinajstić information content (AvgIpc) is 2.56. The minimum Gasteiger partial charge on any atom is -0.310 e. The van der Waals surface area contributed by atoms with Crippen LogP contribution in [0, 0.1) is 0 Å². The van der Waals surface area contributed by atoms with E-state index in [0.717, 1.165) is 18.9 Å². The van der Waals surface area contributed by atoms with E-state index in [4.69, 9.17) is 0 Å². The number of piperidine rings is 2. The van der Waals surface area contributed by atoms with E-state index in [0.29, 0.717) is 25.2 Å². The Morgan fingerprint density at radius 3 is 2.17 bits per heavy atom. The lowest BCUT2D eigenvalue weighted by atomic mass is 9.91. The predicted molar refractivity (Wildman–Crippen MR) is 94.0 cm³/mol. The van der Waals surface area contributed by atoms with Crippen molar-refractivity contribution in [3.63, 3.8) is 0 Å². The van der Waals surface area contributed by atoms with Gasteiger partial charge >= 0.3 is 0 Å². The Morgan fingerprint density at radius 2 is 1.52 bits per heavy atom. The first-order valence-corrected chi connectivity index (χ1v) is 11.3. The molecule has 1 atom stereocenters. The van der Waals surface area contributed by atoms with E-state index < -0.39 is 10.0 Å². The number of hydrogen-bond donors (Lipinski definition) is 1. The Kier molecular flexibility index (Phi) is 5.99. The van der Waals surface area contributed by atoms with Gasteiger partial charge in [0, 0.05) is 37.8 Å². The van der Waals surface area contributed by atoms with E-state index in [-0.39, 0.29) is 0 Å². The quantitative estimate of drug-likeness (QED) is 0.846. The summed E-state index contributed by atoms with van der Waals surface area (Å²) >= 11 is 0. The molecule has 3 fully saturated rings. The summed E-state index contributed by atoms with van der Waals surface area (Å²) in [6, 6.07) is 1.91. The van der Waals surface area contributed by atoms with Crippen LogP contribution < -0.4 is 5.32 Å². The van der Waals surface area contributed by atoms with Crippen molar-refractivity contribution in [1.82, 2.24) is 14.5 Å². The van der Waals surface area contributed by atoms with Gasteiger partial charge in [-0.25, -0.2) is 12.7 Å². The molecule has 0 unspecified atom stereocenters. The fourth-order valence-corrected chi connectivity index (χ4v) is 5.48. The van der Waals surface area contributed by atoms with Crippen molar-refractivity contribution in [3.8, 4) is 0 Å². The fourth-order valence-electron chi connectivity index (χ4n) is 4.61. The molecule has 5 nitrogen and oxygen atoms in total. The minimum absolute atomic E-state index is 0.490. The summed E-state index contributed by atoms with van der Waals surface area (Å²) in [5.74, 6) is 0. The first-order chi connectivity index (χ1) is 11.0. The number of hydrogen-bond acceptors (Lipinski definition) is 4. The van der Waals surface area contributed by atoms with Crippen LogP contribution in [0.15, 0.2) is 0 Å². The van der Waals surface area contributed by atoms with Gasteiger partial charge < -0.3 is 5.32 Å². The largest absolute Gasteiger partial charge is 0.310 e. The molecule has 1 N–H and O–H groups in total. The van der Waals surface area contributed by atoms with Crippen LogP contribution >= 0.6 is 0 Å². The highest BCUT2D eigenvalue weighted by Gasteiger charge is 2.30. The van der Waals surface area contributed by atoms with Crippen LogP contribution in [0.2, 0.25) is 0 Å². The van der Waals surface area contributed by atoms with E-state index in [9.17, 15) is 8.42 Å². The number of rotatable bonds is 4. The standard InChI is InChI=1S/C17H33N3O2S/c1-23(21,22)20-12-9-15(10-13-20)18-16-6-5-11-19(14-16)17-7-3-2-4-8-17/h15-18H,2-14H2,1H3/t16-/m1/s1. The summed E-state index contributed by atoms with van der Waals surface area (Å²) in [5.41, 5.74) is 0. The van der Waals surface area contributed by atoms with Gasteiger partial charge in [-0.3, -0.25) is 4.90 Å². The first-order valence-electron chi connectivity index (χ1n) is 9.47. The van der Waals surface area contributed by atoms with E-state index in [1.54, 1.807) is 4.31 Å². The fraction of sp³-hybridized carbons (Fsp3) is 1.00. The summed E-state index contributed by atoms with van der Waals surface area (Å²) < 4.78 is 24.8. The van der Waals surface area contributed by atoms with E-state index in [2.05, 4.69) is 10.2 Å². The van der Waals surface area contributed by atoms with Crippen molar-refractivity contribution < 1.29 is 8.42 Å². The molecule has 0 bridgehead atoms. The molecule has 1 aliphatic carbocycles. The molecule has 6 heteroatoms. The van der Waals surface area contributed by atoms with Crippen LogP contribution in [0.5, 0.6) is 0 Å². The SMILES string of the molecule is CS(=O)(=O)N1CCC(N[C@@H]2CCCN(C3CCCCC3)C2)CC1. The third kappa shape index (κ3) is 4.91. The second-order valence-electron chi connectivity index (χ2n) is 7.73. The highest BCUT2D eigenvalue weighted by atomic mass is 32.2. The van der Waals surface area contributed by atoms with Gasteiger partial charge in [0.15, 0.2) is 0 Å². The molecule has 2 heterocycles. The second-order valence-corrected chi connectivity index (χ2v) is 9.71. The number of nitrogens with zero attached hydrogens (tertiary/aromatic N) is 2. The van der Waals surface area contributed by atoms with Gasteiger partial charge in [-0.1, -0.05) is 19.3 Å². The highest BCUT2D eigenvalue weighted by Crippen LogP contribution is 2.26. The molecule has 134 valence electrons. The zero-order chi connectivity index (χ0) is 16.3. The van der Waals surface area contributed by atoms with Crippen LogP contribution in [0.25, 0.3) is 0 Å². The molecular weight excluding hydrogens is 310 g/mol. The van der Waals surface area contributed by atoms with Gasteiger partial charge in [-0.05, 0) is 45.1 Å². The molecule has 0 radical (unpaired) electrons. The Morgan fingerprint density at radius 1 is 0.826 bits per heavy atom. The van der Waals surface area contributed by atoms with Gasteiger partial charge in [0.2, 0.25) is 10.0 Å². The van der Waals surface area contributed by atoms with Crippen molar-refractivity contribution >= 4 is 10.0 Å². The lowest BCUT2D eigenvalue weighted by molar-refractivity contribution is 0.103. The zero-order valence-electron chi connectivity index (χ0n) is 14.5. The van der Waals surface area contributed by atoms with Gasteiger partial charge in [0.25, 0.3) is 0 Å². The number of sulfonamides is 1. The summed E-state index contributed by atoms with van der Waals surface area (Å²) in [4.78, 5) is 2.73. The molecule has 0 aromatic rings. The van der Waals surface area contributed by atoms with Crippen LogP contribution in [-0.2, 0) is 10.0 Å². The van der Waals surface area contributed by atoms with Gasteiger partial charge in [0.05, 0.1) is 6.26 Å². The van der Waals surface area contributed by atoms with Crippen LogP contribution in [-0.4, -0.2) is 68.2 Å². The molecule has 2 aliphatic heterocycles. The molecular formula is C17H33N3O2S. The molecule has 23 heavy (non-hydrogen) atoms. The van der Waals surface area contributed by atoms with Crippen molar-refractivity contribution in [1.29, 1.82) is 0 Å². The molecule has 3 rings (SSSR count). The van der Waals surface area contributed by atoms with E-state index >= 15 is 0 Å². The lowest BCUT2D eigenvalue weighted by Crippen LogP contribution is -2.54. The Labute approximate surface area is 141 Å². The smallest absolute Gasteiger partial charge is 0.211 e. The molecule has 2 saturated heterocycles. The van der Waals surface area contributed by atoms with Crippen LogP contribution in [0.1, 0.15) is 57.8 Å². The summed E-state index contributed by atoms with van der Waals surface area (Å²) in [7, 11) is -3.01. The third-order valence-electron chi connectivity index (χ3n) is 5.94.